The average Bonchev–Trinajstić information content (AvgIpc) is 2.81. The van der Waals surface area contributed by atoms with Crippen molar-refractivity contribution in [1.29, 1.82) is 0 Å². The Morgan fingerprint density at radius 3 is 2.37 bits per heavy atom. The molecule has 0 bridgehead atoms. The highest BCUT2D eigenvalue weighted by Crippen LogP contribution is 2.29. The summed E-state index contributed by atoms with van der Waals surface area (Å²) in [4.78, 5) is 32.6. The largest absolute Gasteiger partial charge is 0.497 e. The number of piperazine rings is 2. The van der Waals surface area contributed by atoms with E-state index in [0.29, 0.717) is 32.5 Å². The highest BCUT2D eigenvalue weighted by Gasteiger charge is 2.46. The second kappa shape index (κ2) is 10.3. The van der Waals surface area contributed by atoms with E-state index in [1.165, 1.54) is 0 Å². The van der Waals surface area contributed by atoms with Crippen molar-refractivity contribution in [2.45, 2.75) is 57.3 Å². The molecule has 2 aromatic rings. The summed E-state index contributed by atoms with van der Waals surface area (Å²) in [5, 5.41) is 0. The molecule has 3 atom stereocenters. The van der Waals surface area contributed by atoms with Crippen LogP contribution in [0.5, 0.6) is 5.75 Å². The van der Waals surface area contributed by atoms with Gasteiger partial charge in [0.15, 0.2) is 0 Å². The highest BCUT2D eigenvalue weighted by atomic mass is 16.6. The third-order valence-electron chi connectivity index (χ3n) is 6.79. The van der Waals surface area contributed by atoms with Gasteiger partial charge in [-0.15, -0.1) is 0 Å². The summed E-state index contributed by atoms with van der Waals surface area (Å²) >= 11 is 0. The Kier molecular flexibility index (Phi) is 7.36. The molecule has 7 nitrogen and oxygen atoms in total. The molecule has 0 N–H and O–H groups in total. The number of nitrogens with zero attached hydrogens (tertiary/aromatic N) is 3. The number of likely N-dealkylation sites (N-methyl/N-ethyl adjacent to an activating group) is 1. The van der Waals surface area contributed by atoms with Gasteiger partial charge in [-0.1, -0.05) is 42.5 Å². The van der Waals surface area contributed by atoms with E-state index in [-0.39, 0.29) is 30.1 Å². The van der Waals surface area contributed by atoms with E-state index < -0.39 is 5.60 Å². The van der Waals surface area contributed by atoms with Gasteiger partial charge < -0.3 is 19.3 Å². The Morgan fingerprint density at radius 2 is 1.69 bits per heavy atom. The van der Waals surface area contributed by atoms with Crippen molar-refractivity contribution >= 4 is 12.0 Å². The van der Waals surface area contributed by atoms with Gasteiger partial charge in [-0.25, -0.2) is 4.79 Å². The fourth-order valence-corrected chi connectivity index (χ4v) is 5.15. The third kappa shape index (κ3) is 5.96. The number of ether oxygens (including phenoxy) is 2. The quantitative estimate of drug-likeness (QED) is 0.656. The Labute approximate surface area is 208 Å². The van der Waals surface area contributed by atoms with E-state index in [1.807, 2.05) is 75.2 Å². The molecule has 0 unspecified atom stereocenters. The second-order valence-electron chi connectivity index (χ2n) is 10.6. The number of benzene rings is 2. The van der Waals surface area contributed by atoms with E-state index in [4.69, 9.17) is 9.47 Å². The van der Waals surface area contributed by atoms with Gasteiger partial charge in [-0.2, -0.15) is 0 Å². The molecule has 0 saturated carbocycles. The number of hydrogen-bond acceptors (Lipinski definition) is 5. The van der Waals surface area contributed by atoms with Crippen LogP contribution >= 0.6 is 0 Å². The second-order valence-corrected chi connectivity index (χ2v) is 10.6. The molecule has 4 rings (SSSR count). The summed E-state index contributed by atoms with van der Waals surface area (Å²) in [6.45, 7) is 7.41. The van der Waals surface area contributed by atoms with Crippen LogP contribution in [-0.4, -0.2) is 84.2 Å². The molecule has 7 heteroatoms. The molecule has 0 aliphatic carbocycles. The minimum atomic E-state index is -0.570. The molecule has 2 heterocycles. The van der Waals surface area contributed by atoms with Gasteiger partial charge in [0.25, 0.3) is 0 Å². The zero-order chi connectivity index (χ0) is 25.2. The zero-order valence-corrected chi connectivity index (χ0v) is 21.4. The molecule has 0 radical (unpaired) electrons. The smallest absolute Gasteiger partial charge is 0.410 e. The molecule has 2 aromatic carbocycles. The van der Waals surface area contributed by atoms with Crippen molar-refractivity contribution in [3.05, 3.63) is 65.7 Å². The fourth-order valence-electron chi connectivity index (χ4n) is 5.15. The molecule has 0 spiro atoms. The summed E-state index contributed by atoms with van der Waals surface area (Å²) < 4.78 is 11.2. The highest BCUT2D eigenvalue weighted by molar-refractivity contribution is 5.83. The van der Waals surface area contributed by atoms with E-state index >= 15 is 0 Å². The van der Waals surface area contributed by atoms with Crippen LogP contribution in [0.25, 0.3) is 0 Å². The molecule has 35 heavy (non-hydrogen) atoms. The third-order valence-corrected chi connectivity index (χ3v) is 6.79. The molecule has 2 fully saturated rings. The van der Waals surface area contributed by atoms with Crippen LogP contribution in [0.15, 0.2) is 54.6 Å². The van der Waals surface area contributed by atoms with Gasteiger partial charge in [0.05, 0.1) is 19.2 Å². The zero-order valence-electron chi connectivity index (χ0n) is 21.4. The van der Waals surface area contributed by atoms with Gasteiger partial charge in [-0.3, -0.25) is 9.69 Å². The van der Waals surface area contributed by atoms with Crippen molar-refractivity contribution in [2.75, 3.05) is 33.8 Å². The molecule has 0 aromatic heterocycles. The molecule has 2 aliphatic heterocycles. The molecule has 188 valence electrons. The number of carbonyl (C=O) groups excluding carboxylic acids is 2. The topological polar surface area (TPSA) is 62.3 Å². The Bertz CT molecular complexity index is 1040. The summed E-state index contributed by atoms with van der Waals surface area (Å²) in [5.74, 6) is 0.903. The number of fused-ring (bicyclic) bond motifs is 1. The Morgan fingerprint density at radius 1 is 0.971 bits per heavy atom. The van der Waals surface area contributed by atoms with Crippen LogP contribution in [0.4, 0.5) is 4.79 Å². The standard InChI is InChI=1S/C28H37N3O4/c1-28(2,3)35-27(33)31-19-23-17-29(4)26(32)25(16-21-12-9-13-24(15-21)34-5)30(23)18-22(31)14-20-10-7-6-8-11-20/h6-13,15,22-23,25H,14,16-19H2,1-5H3/t22-,23-,25-/m0/s1. The van der Waals surface area contributed by atoms with Crippen LogP contribution < -0.4 is 4.74 Å². The minimum Gasteiger partial charge on any atom is -0.497 e. The first kappa shape index (κ1) is 25.0. The lowest BCUT2D eigenvalue weighted by Gasteiger charge is -2.52. The van der Waals surface area contributed by atoms with E-state index in [9.17, 15) is 9.59 Å². The van der Waals surface area contributed by atoms with E-state index in [0.717, 1.165) is 16.9 Å². The maximum atomic E-state index is 13.4. The van der Waals surface area contributed by atoms with Crippen LogP contribution in [0.2, 0.25) is 0 Å². The predicted molar refractivity (Wildman–Crippen MR) is 135 cm³/mol. The number of amides is 2. The lowest BCUT2D eigenvalue weighted by atomic mass is 9.92. The Balaban J connectivity index is 1.62. The summed E-state index contributed by atoms with van der Waals surface area (Å²) in [7, 11) is 3.50. The number of carbonyl (C=O) groups is 2. The molecular formula is C28H37N3O4. The van der Waals surface area contributed by atoms with Gasteiger partial charge >= 0.3 is 6.09 Å². The average molecular weight is 480 g/mol. The summed E-state index contributed by atoms with van der Waals surface area (Å²) in [5.41, 5.74) is 1.65. The molecule has 2 aliphatic rings. The number of hydrogen-bond donors (Lipinski definition) is 0. The first-order chi connectivity index (χ1) is 16.6. The van der Waals surface area contributed by atoms with E-state index in [2.05, 4.69) is 17.0 Å². The van der Waals surface area contributed by atoms with Crippen molar-refractivity contribution in [3.8, 4) is 5.75 Å². The summed E-state index contributed by atoms with van der Waals surface area (Å²) in [6.07, 6.45) is 1.02. The van der Waals surface area contributed by atoms with Gasteiger partial charge in [-0.05, 0) is 56.9 Å². The normalized spacial score (nSPS) is 23.1. The van der Waals surface area contributed by atoms with Crippen LogP contribution in [-0.2, 0) is 22.4 Å². The first-order valence-electron chi connectivity index (χ1n) is 12.3. The maximum Gasteiger partial charge on any atom is 0.410 e. The number of rotatable bonds is 5. The van der Waals surface area contributed by atoms with Crippen molar-refractivity contribution in [3.63, 3.8) is 0 Å². The maximum absolute atomic E-state index is 13.4. The molecular weight excluding hydrogens is 442 g/mol. The lowest BCUT2D eigenvalue weighted by Crippen LogP contribution is -2.70. The monoisotopic (exact) mass is 479 g/mol. The first-order valence-corrected chi connectivity index (χ1v) is 12.3. The van der Waals surface area contributed by atoms with Crippen molar-refractivity contribution < 1.29 is 19.1 Å². The van der Waals surface area contributed by atoms with Crippen LogP contribution in [0.1, 0.15) is 31.9 Å². The van der Waals surface area contributed by atoms with Gasteiger partial charge in [0.2, 0.25) is 5.91 Å². The molecule has 2 saturated heterocycles. The predicted octanol–water partition coefficient (Wildman–Crippen LogP) is 3.61. The minimum absolute atomic E-state index is 0.0489. The Hall–Kier alpha value is -3.06. The summed E-state index contributed by atoms with van der Waals surface area (Å²) in [6, 6.07) is 17.8. The van der Waals surface area contributed by atoms with Crippen molar-refractivity contribution in [2.24, 2.45) is 0 Å². The van der Waals surface area contributed by atoms with Gasteiger partial charge in [0, 0.05) is 32.7 Å². The number of methoxy groups -OCH3 is 1. The molecule has 2 amide bonds. The van der Waals surface area contributed by atoms with E-state index in [1.54, 1.807) is 12.0 Å². The van der Waals surface area contributed by atoms with Gasteiger partial charge in [0.1, 0.15) is 11.4 Å². The van der Waals surface area contributed by atoms with Crippen LogP contribution in [0, 0.1) is 0 Å². The van der Waals surface area contributed by atoms with Crippen LogP contribution in [0.3, 0.4) is 0 Å². The lowest BCUT2D eigenvalue weighted by molar-refractivity contribution is -0.147. The fraction of sp³-hybridized carbons (Fsp3) is 0.500. The van der Waals surface area contributed by atoms with Crippen molar-refractivity contribution in [1.82, 2.24) is 14.7 Å². The SMILES string of the molecule is COc1cccc(C[C@H]2C(=O)N(C)C[C@H]3CN(C(=O)OC(C)(C)C)[C@@H](Cc4ccccc4)CN32)c1.